The number of thiophene rings is 1. The largest absolute Gasteiger partial charge is 0.493 e. The monoisotopic (exact) mass is 487 g/mol. The van der Waals surface area contributed by atoms with Gasteiger partial charge in [0.15, 0.2) is 18.1 Å². The van der Waals surface area contributed by atoms with Crippen molar-refractivity contribution in [1.82, 2.24) is 9.78 Å². The van der Waals surface area contributed by atoms with Crippen molar-refractivity contribution in [2.75, 3.05) is 32.8 Å². The molecule has 3 rings (SSSR count). The molecular formula is C23H25N3O7S. The summed E-state index contributed by atoms with van der Waals surface area (Å²) >= 11 is 1.15. The highest BCUT2D eigenvalue weighted by Crippen LogP contribution is 2.39. The lowest BCUT2D eigenvalue weighted by atomic mass is 10.0. The van der Waals surface area contributed by atoms with Crippen LogP contribution < -0.4 is 14.8 Å². The number of rotatable bonds is 9. The van der Waals surface area contributed by atoms with Crippen LogP contribution in [0, 0.1) is 6.92 Å². The molecule has 1 amide bonds. The summed E-state index contributed by atoms with van der Waals surface area (Å²) in [4.78, 5) is 37.5. The Bertz CT molecular complexity index is 1220. The van der Waals surface area contributed by atoms with E-state index in [1.54, 1.807) is 44.5 Å². The van der Waals surface area contributed by atoms with E-state index in [4.69, 9.17) is 18.9 Å². The number of benzene rings is 1. The Morgan fingerprint density at radius 2 is 1.82 bits per heavy atom. The first-order chi connectivity index (χ1) is 16.3. The number of amides is 1. The summed E-state index contributed by atoms with van der Waals surface area (Å²) in [5.74, 6) is -0.820. The van der Waals surface area contributed by atoms with Gasteiger partial charge in [0.1, 0.15) is 16.1 Å². The number of anilines is 1. The summed E-state index contributed by atoms with van der Waals surface area (Å²) < 4.78 is 22.5. The number of hydrogen-bond acceptors (Lipinski definition) is 9. The van der Waals surface area contributed by atoms with E-state index in [9.17, 15) is 14.4 Å². The quantitative estimate of drug-likeness (QED) is 0.456. The highest BCUT2D eigenvalue weighted by atomic mass is 32.1. The third-order valence-electron chi connectivity index (χ3n) is 5.01. The molecule has 0 fully saturated rings. The first kappa shape index (κ1) is 24.8. The molecule has 2 aromatic heterocycles. The van der Waals surface area contributed by atoms with Crippen LogP contribution in [0.15, 0.2) is 29.8 Å². The molecule has 0 aliphatic rings. The predicted molar refractivity (Wildman–Crippen MR) is 126 cm³/mol. The lowest BCUT2D eigenvalue weighted by Gasteiger charge is -2.11. The fraction of sp³-hybridized carbons (Fsp3) is 0.304. The van der Waals surface area contributed by atoms with Gasteiger partial charge in [-0.3, -0.25) is 9.48 Å². The van der Waals surface area contributed by atoms with Crippen LogP contribution in [-0.2, 0) is 21.3 Å². The molecule has 34 heavy (non-hydrogen) atoms. The third kappa shape index (κ3) is 5.20. The van der Waals surface area contributed by atoms with Crippen LogP contribution in [0.25, 0.3) is 11.1 Å². The van der Waals surface area contributed by atoms with E-state index in [0.29, 0.717) is 28.3 Å². The van der Waals surface area contributed by atoms with Crippen molar-refractivity contribution in [2.45, 2.75) is 13.8 Å². The average Bonchev–Trinajstić information content (AvgIpc) is 3.40. The molecule has 0 atom stereocenters. The summed E-state index contributed by atoms with van der Waals surface area (Å²) in [6, 6.07) is 5.22. The SMILES string of the molecule is CCOC(=O)c1c(-c2ccc(OC)c(OC)c2)csc1NC(=O)COC(=O)c1cnn(C)c1C. The van der Waals surface area contributed by atoms with Crippen molar-refractivity contribution >= 4 is 34.2 Å². The Hall–Kier alpha value is -3.86. The van der Waals surface area contributed by atoms with Crippen LogP contribution in [0.3, 0.4) is 0 Å². The Labute approximate surface area is 200 Å². The highest BCUT2D eigenvalue weighted by molar-refractivity contribution is 7.15. The molecule has 0 bridgehead atoms. The number of nitrogens with one attached hydrogen (secondary N) is 1. The van der Waals surface area contributed by atoms with Gasteiger partial charge >= 0.3 is 11.9 Å². The van der Waals surface area contributed by atoms with E-state index >= 15 is 0 Å². The predicted octanol–water partition coefficient (Wildman–Crippen LogP) is 3.45. The van der Waals surface area contributed by atoms with Gasteiger partial charge in [0.2, 0.25) is 0 Å². The zero-order valence-electron chi connectivity index (χ0n) is 19.5. The van der Waals surface area contributed by atoms with Crippen LogP contribution in [0.5, 0.6) is 11.5 Å². The summed E-state index contributed by atoms with van der Waals surface area (Å²) in [6.07, 6.45) is 1.38. The number of ether oxygens (including phenoxy) is 4. The van der Waals surface area contributed by atoms with Crippen molar-refractivity contribution < 1.29 is 33.3 Å². The van der Waals surface area contributed by atoms with Gasteiger partial charge in [-0.2, -0.15) is 5.10 Å². The zero-order valence-corrected chi connectivity index (χ0v) is 20.3. The molecule has 180 valence electrons. The van der Waals surface area contributed by atoms with Gasteiger partial charge in [0, 0.05) is 23.7 Å². The van der Waals surface area contributed by atoms with Gasteiger partial charge in [0.25, 0.3) is 5.91 Å². The number of aryl methyl sites for hydroxylation is 1. The second kappa shape index (κ2) is 10.8. The van der Waals surface area contributed by atoms with Crippen LogP contribution in [0.2, 0.25) is 0 Å². The van der Waals surface area contributed by atoms with E-state index in [0.717, 1.165) is 11.3 Å². The summed E-state index contributed by atoms with van der Waals surface area (Å²) in [6.45, 7) is 3.05. The number of nitrogens with zero attached hydrogens (tertiary/aromatic N) is 2. The van der Waals surface area contributed by atoms with Crippen molar-refractivity contribution in [2.24, 2.45) is 7.05 Å². The highest BCUT2D eigenvalue weighted by Gasteiger charge is 2.24. The van der Waals surface area contributed by atoms with Gasteiger partial charge in [-0.25, -0.2) is 9.59 Å². The smallest absolute Gasteiger partial charge is 0.342 e. The second-order valence-electron chi connectivity index (χ2n) is 7.04. The molecule has 2 heterocycles. The topological polar surface area (TPSA) is 118 Å². The maximum Gasteiger partial charge on any atom is 0.342 e. The maximum atomic E-state index is 12.8. The van der Waals surface area contributed by atoms with Crippen molar-refractivity contribution in [3.8, 4) is 22.6 Å². The van der Waals surface area contributed by atoms with Gasteiger partial charge in [-0.15, -0.1) is 11.3 Å². The van der Waals surface area contributed by atoms with E-state index < -0.39 is 24.5 Å². The minimum Gasteiger partial charge on any atom is -0.493 e. The standard InChI is InChI=1S/C23H25N3O7S/c1-6-32-23(29)20-16(14-7-8-17(30-4)18(9-14)31-5)12-34-21(20)25-19(27)11-33-22(28)15-10-24-26(3)13(15)2/h7-10,12H,6,11H2,1-5H3,(H,25,27). The van der Waals surface area contributed by atoms with E-state index in [1.165, 1.54) is 25.1 Å². The van der Waals surface area contributed by atoms with Gasteiger partial charge in [-0.1, -0.05) is 6.07 Å². The normalized spacial score (nSPS) is 10.5. The number of hydrogen-bond donors (Lipinski definition) is 1. The van der Waals surface area contributed by atoms with Crippen molar-refractivity contribution in [3.05, 3.63) is 46.6 Å². The Balaban J connectivity index is 1.82. The van der Waals surface area contributed by atoms with Crippen molar-refractivity contribution in [1.29, 1.82) is 0 Å². The molecule has 10 nitrogen and oxygen atoms in total. The number of carbonyl (C=O) groups is 3. The number of esters is 2. The van der Waals surface area contributed by atoms with Crippen LogP contribution in [0.4, 0.5) is 5.00 Å². The Morgan fingerprint density at radius 3 is 2.44 bits per heavy atom. The molecule has 0 saturated heterocycles. The fourth-order valence-electron chi connectivity index (χ4n) is 3.14. The lowest BCUT2D eigenvalue weighted by molar-refractivity contribution is -0.119. The average molecular weight is 488 g/mol. The van der Waals surface area contributed by atoms with Gasteiger partial charge in [0.05, 0.1) is 27.0 Å². The molecule has 0 spiro atoms. The van der Waals surface area contributed by atoms with E-state index in [2.05, 4.69) is 10.4 Å². The molecule has 1 aromatic carbocycles. The molecule has 0 radical (unpaired) electrons. The molecule has 0 unspecified atom stereocenters. The minimum atomic E-state index is -0.663. The summed E-state index contributed by atoms with van der Waals surface area (Å²) in [7, 11) is 4.74. The molecule has 0 aliphatic heterocycles. The van der Waals surface area contributed by atoms with Crippen LogP contribution in [-0.4, -0.2) is 55.1 Å². The first-order valence-corrected chi connectivity index (χ1v) is 11.1. The molecular weight excluding hydrogens is 462 g/mol. The zero-order chi connectivity index (χ0) is 24.8. The minimum absolute atomic E-state index is 0.162. The molecule has 1 N–H and O–H groups in total. The lowest BCUT2D eigenvalue weighted by Crippen LogP contribution is -2.22. The Kier molecular flexibility index (Phi) is 7.90. The Morgan fingerprint density at radius 1 is 1.09 bits per heavy atom. The summed E-state index contributed by atoms with van der Waals surface area (Å²) in [5, 5.41) is 8.64. The summed E-state index contributed by atoms with van der Waals surface area (Å²) in [5.41, 5.74) is 2.32. The van der Waals surface area contributed by atoms with Crippen molar-refractivity contribution in [3.63, 3.8) is 0 Å². The number of carbonyl (C=O) groups excluding carboxylic acids is 3. The van der Waals surface area contributed by atoms with E-state index in [1.807, 2.05) is 0 Å². The van der Waals surface area contributed by atoms with Gasteiger partial charge < -0.3 is 24.3 Å². The molecule has 0 aliphatic carbocycles. The molecule has 11 heteroatoms. The van der Waals surface area contributed by atoms with E-state index in [-0.39, 0.29) is 22.7 Å². The molecule has 0 saturated carbocycles. The van der Waals surface area contributed by atoms with Crippen LogP contribution >= 0.6 is 11.3 Å². The second-order valence-corrected chi connectivity index (χ2v) is 7.91. The number of methoxy groups -OCH3 is 2. The molecule has 3 aromatic rings. The number of aromatic nitrogens is 2. The van der Waals surface area contributed by atoms with Crippen LogP contribution in [0.1, 0.15) is 33.3 Å². The third-order valence-corrected chi connectivity index (χ3v) is 5.90. The van der Waals surface area contributed by atoms with Gasteiger partial charge in [-0.05, 0) is 31.5 Å². The first-order valence-electron chi connectivity index (χ1n) is 10.3. The maximum absolute atomic E-state index is 12.8. The fourth-order valence-corrected chi connectivity index (χ4v) is 4.12.